The molecule has 0 aliphatic heterocycles. The molecule has 3 nitrogen and oxygen atoms in total. The Bertz CT molecular complexity index is 779. The van der Waals surface area contributed by atoms with Crippen LogP contribution in [0.4, 0.5) is 4.39 Å². The van der Waals surface area contributed by atoms with Crippen LogP contribution in [0.15, 0.2) is 47.4 Å². The maximum atomic E-state index is 13.0. The first-order valence-electron chi connectivity index (χ1n) is 6.42. The summed E-state index contributed by atoms with van der Waals surface area (Å²) in [7, 11) is -2.38. The van der Waals surface area contributed by atoms with Gasteiger partial charge in [0.15, 0.2) is 0 Å². The van der Waals surface area contributed by atoms with Gasteiger partial charge in [-0.1, -0.05) is 35.3 Å². The predicted molar refractivity (Wildman–Crippen MR) is 86.2 cm³/mol. The second kappa shape index (κ2) is 6.54. The monoisotopic (exact) mass is 361 g/mol. The van der Waals surface area contributed by atoms with Gasteiger partial charge >= 0.3 is 0 Å². The van der Waals surface area contributed by atoms with Gasteiger partial charge in [-0.2, -0.15) is 4.31 Å². The molecule has 0 aliphatic carbocycles. The molecule has 0 saturated carbocycles. The number of halogens is 3. The summed E-state index contributed by atoms with van der Waals surface area (Å²) in [4.78, 5) is -0.0573. The normalized spacial score (nSPS) is 13.4. The van der Waals surface area contributed by atoms with Crippen molar-refractivity contribution in [2.75, 3.05) is 7.05 Å². The van der Waals surface area contributed by atoms with Gasteiger partial charge in [0.2, 0.25) is 10.0 Å². The quantitative estimate of drug-likeness (QED) is 0.802. The number of rotatable bonds is 4. The van der Waals surface area contributed by atoms with E-state index in [0.29, 0.717) is 5.56 Å². The molecule has 2 rings (SSSR count). The van der Waals surface area contributed by atoms with Crippen LogP contribution >= 0.6 is 23.2 Å². The number of hydrogen-bond acceptors (Lipinski definition) is 2. The molecule has 2 aromatic carbocycles. The number of benzene rings is 2. The molecule has 1 unspecified atom stereocenters. The summed E-state index contributed by atoms with van der Waals surface area (Å²) in [6, 6.07) is 9.46. The lowest BCUT2D eigenvalue weighted by molar-refractivity contribution is 0.398. The Labute approximate surface area is 139 Å². The van der Waals surface area contributed by atoms with E-state index in [2.05, 4.69) is 0 Å². The highest BCUT2D eigenvalue weighted by molar-refractivity contribution is 7.89. The van der Waals surface area contributed by atoms with Crippen molar-refractivity contribution >= 4 is 33.2 Å². The molecule has 0 aliphatic rings. The molecule has 2 aromatic rings. The number of nitrogens with zero attached hydrogens (tertiary/aromatic N) is 1. The predicted octanol–water partition coefficient (Wildman–Crippen LogP) is 4.51. The summed E-state index contributed by atoms with van der Waals surface area (Å²) < 4.78 is 39.6. The highest BCUT2D eigenvalue weighted by atomic mass is 35.5. The van der Waals surface area contributed by atoms with E-state index < -0.39 is 16.1 Å². The Morgan fingerprint density at radius 1 is 1.09 bits per heavy atom. The molecule has 0 saturated heterocycles. The third kappa shape index (κ3) is 3.43. The molecular weight excluding hydrogens is 348 g/mol. The first-order chi connectivity index (χ1) is 10.2. The Kier molecular flexibility index (Phi) is 5.12. The van der Waals surface area contributed by atoms with E-state index in [0.717, 1.165) is 0 Å². The zero-order valence-electron chi connectivity index (χ0n) is 11.9. The van der Waals surface area contributed by atoms with E-state index in [1.54, 1.807) is 19.1 Å². The Balaban J connectivity index is 2.40. The van der Waals surface area contributed by atoms with Crippen LogP contribution in [0.2, 0.25) is 10.0 Å². The van der Waals surface area contributed by atoms with Crippen LogP contribution < -0.4 is 0 Å². The second-order valence-corrected chi connectivity index (χ2v) is 7.63. The lowest BCUT2D eigenvalue weighted by Crippen LogP contribution is -2.30. The molecule has 0 aromatic heterocycles. The molecule has 0 heterocycles. The number of sulfonamides is 1. The molecular formula is C15H14Cl2FNO2S. The van der Waals surface area contributed by atoms with Crippen LogP contribution in [0, 0.1) is 5.82 Å². The molecule has 0 amide bonds. The van der Waals surface area contributed by atoms with Crippen molar-refractivity contribution in [3.05, 3.63) is 63.9 Å². The molecule has 0 spiro atoms. The van der Waals surface area contributed by atoms with Crippen LogP contribution in [-0.2, 0) is 10.0 Å². The van der Waals surface area contributed by atoms with E-state index in [1.807, 2.05) is 0 Å². The first kappa shape index (κ1) is 17.2. The summed E-state index contributed by atoms with van der Waals surface area (Å²) in [6.45, 7) is 1.71. The molecule has 0 N–H and O–H groups in total. The summed E-state index contributed by atoms with van der Waals surface area (Å²) in [5, 5.41) is 0.383. The second-order valence-electron chi connectivity index (χ2n) is 4.82. The van der Waals surface area contributed by atoms with E-state index in [9.17, 15) is 12.8 Å². The molecule has 7 heteroatoms. The maximum Gasteiger partial charge on any atom is 0.244 e. The Morgan fingerprint density at radius 2 is 1.68 bits per heavy atom. The van der Waals surface area contributed by atoms with Crippen molar-refractivity contribution in [3.63, 3.8) is 0 Å². The van der Waals surface area contributed by atoms with Crippen LogP contribution in [0.1, 0.15) is 18.5 Å². The van der Waals surface area contributed by atoms with Crippen molar-refractivity contribution in [3.8, 4) is 0 Å². The summed E-state index contributed by atoms with van der Waals surface area (Å²) in [5.74, 6) is -0.376. The molecule has 0 fully saturated rings. The molecule has 0 radical (unpaired) electrons. The molecule has 22 heavy (non-hydrogen) atoms. The first-order valence-corrected chi connectivity index (χ1v) is 8.61. The average Bonchev–Trinajstić information content (AvgIpc) is 2.48. The number of hydrogen-bond donors (Lipinski definition) is 0. The maximum absolute atomic E-state index is 13.0. The largest absolute Gasteiger partial charge is 0.244 e. The summed E-state index contributed by atoms with van der Waals surface area (Å²) >= 11 is 11.8. The fraction of sp³-hybridized carbons (Fsp3) is 0.200. The summed E-state index contributed by atoms with van der Waals surface area (Å²) in [6.07, 6.45) is 0. The minimum Gasteiger partial charge on any atom is -0.207 e. The Morgan fingerprint density at radius 3 is 2.27 bits per heavy atom. The third-order valence-corrected chi connectivity index (χ3v) is 6.09. The van der Waals surface area contributed by atoms with Gasteiger partial charge in [-0.15, -0.1) is 0 Å². The van der Waals surface area contributed by atoms with E-state index in [1.165, 1.54) is 41.7 Å². The minimum absolute atomic E-state index is 0.0573. The topological polar surface area (TPSA) is 37.4 Å². The summed E-state index contributed by atoms with van der Waals surface area (Å²) in [5.41, 5.74) is 0.672. The standard InChI is InChI=1S/C15H14Cl2FNO2S/c1-10(11-3-6-13(18)7-4-11)19(2)22(20,21)15-9-12(16)5-8-14(15)17/h3-10H,1-2H3. The van der Waals surface area contributed by atoms with Gasteiger partial charge in [-0.3, -0.25) is 0 Å². The Hall–Kier alpha value is -1.14. The van der Waals surface area contributed by atoms with Gasteiger partial charge in [0, 0.05) is 18.1 Å². The van der Waals surface area contributed by atoms with E-state index >= 15 is 0 Å². The van der Waals surface area contributed by atoms with Gasteiger partial charge in [-0.05, 0) is 42.8 Å². The highest BCUT2D eigenvalue weighted by Crippen LogP contribution is 2.31. The van der Waals surface area contributed by atoms with Gasteiger partial charge in [0.05, 0.1) is 5.02 Å². The van der Waals surface area contributed by atoms with E-state index in [4.69, 9.17) is 23.2 Å². The molecule has 0 bridgehead atoms. The van der Waals surface area contributed by atoms with Crippen molar-refractivity contribution in [2.45, 2.75) is 17.9 Å². The average molecular weight is 362 g/mol. The zero-order chi connectivity index (χ0) is 16.5. The van der Waals surface area contributed by atoms with Gasteiger partial charge < -0.3 is 0 Å². The smallest absolute Gasteiger partial charge is 0.207 e. The van der Waals surface area contributed by atoms with Crippen LogP contribution in [0.5, 0.6) is 0 Å². The van der Waals surface area contributed by atoms with Gasteiger partial charge in [-0.25, -0.2) is 12.8 Å². The van der Waals surface area contributed by atoms with Crippen molar-refractivity contribution in [1.82, 2.24) is 4.31 Å². The lowest BCUT2D eigenvalue weighted by Gasteiger charge is -2.25. The van der Waals surface area contributed by atoms with Gasteiger partial charge in [0.25, 0.3) is 0 Å². The van der Waals surface area contributed by atoms with Crippen molar-refractivity contribution in [2.24, 2.45) is 0 Å². The fourth-order valence-corrected chi connectivity index (χ4v) is 4.07. The van der Waals surface area contributed by atoms with E-state index in [-0.39, 0.29) is 20.8 Å². The van der Waals surface area contributed by atoms with Crippen LogP contribution in [0.3, 0.4) is 0 Å². The third-order valence-electron chi connectivity index (χ3n) is 3.45. The highest BCUT2D eigenvalue weighted by Gasteiger charge is 2.28. The van der Waals surface area contributed by atoms with Crippen LogP contribution in [0.25, 0.3) is 0 Å². The lowest BCUT2D eigenvalue weighted by atomic mass is 10.1. The van der Waals surface area contributed by atoms with Crippen molar-refractivity contribution in [1.29, 1.82) is 0 Å². The van der Waals surface area contributed by atoms with Gasteiger partial charge in [0.1, 0.15) is 10.7 Å². The molecule has 118 valence electrons. The van der Waals surface area contributed by atoms with Crippen molar-refractivity contribution < 1.29 is 12.8 Å². The fourth-order valence-electron chi connectivity index (χ4n) is 1.99. The minimum atomic E-state index is -3.83. The van der Waals surface area contributed by atoms with Crippen LogP contribution in [-0.4, -0.2) is 19.8 Å². The SMILES string of the molecule is CC(c1ccc(F)cc1)N(C)S(=O)(=O)c1cc(Cl)ccc1Cl. The molecule has 1 atom stereocenters. The zero-order valence-corrected chi connectivity index (χ0v) is 14.3.